The molecule has 0 saturated carbocycles. The van der Waals surface area contributed by atoms with Crippen LogP contribution in [0.25, 0.3) is 0 Å². The van der Waals surface area contributed by atoms with Gasteiger partial charge in [-0.1, -0.05) is 20.8 Å². The predicted octanol–water partition coefficient (Wildman–Crippen LogP) is 1.64. The average molecular weight is 184 g/mol. The van der Waals surface area contributed by atoms with Crippen LogP contribution in [0.2, 0.25) is 0 Å². The fraction of sp³-hybridized carbons (Fsp3) is 0.900. The summed E-state index contributed by atoms with van der Waals surface area (Å²) in [7, 11) is 0. The zero-order chi connectivity index (χ0) is 9.68. The van der Waals surface area contributed by atoms with Crippen LogP contribution < -0.4 is 5.43 Å². The van der Waals surface area contributed by atoms with Gasteiger partial charge in [-0.2, -0.15) is 5.10 Å². The third-order valence-electron chi connectivity index (χ3n) is 2.16. The van der Waals surface area contributed by atoms with Gasteiger partial charge in [-0.3, -0.25) is 0 Å². The van der Waals surface area contributed by atoms with Crippen LogP contribution in [-0.4, -0.2) is 25.5 Å². The molecule has 13 heavy (non-hydrogen) atoms. The Hall–Kier alpha value is -0.570. The van der Waals surface area contributed by atoms with Gasteiger partial charge in [0, 0.05) is 24.6 Å². The summed E-state index contributed by atoms with van der Waals surface area (Å²) in [4.78, 5) is 0. The maximum absolute atomic E-state index is 5.33. The average Bonchev–Trinajstić information content (AvgIpc) is 2.08. The molecule has 0 aromatic rings. The Morgan fingerprint density at radius 1 is 1.62 bits per heavy atom. The number of nitrogens with one attached hydrogen (secondary N) is 1. The molecule has 1 N–H and O–H groups in total. The molecule has 0 aromatic carbocycles. The maximum Gasteiger partial charge on any atom is 0.0544 e. The lowest BCUT2D eigenvalue weighted by atomic mass is 10.0. The molecule has 1 unspecified atom stereocenters. The standard InChI is InChI=1S/C10H20N2O/c1-8(2)6-11-12-10-4-5-13-7-9(10)3/h8-9,11H,4-7H2,1-3H3/b12-10-. The highest BCUT2D eigenvalue weighted by Crippen LogP contribution is 2.09. The van der Waals surface area contributed by atoms with E-state index >= 15 is 0 Å². The van der Waals surface area contributed by atoms with Gasteiger partial charge in [0.15, 0.2) is 0 Å². The Kier molecular flexibility index (Phi) is 4.22. The lowest BCUT2D eigenvalue weighted by Crippen LogP contribution is -2.28. The number of nitrogens with zero attached hydrogens (tertiary/aromatic N) is 1. The molecule has 1 aliphatic heterocycles. The summed E-state index contributed by atoms with van der Waals surface area (Å²) < 4.78 is 5.33. The van der Waals surface area contributed by atoms with E-state index in [9.17, 15) is 0 Å². The Balaban J connectivity index is 2.31. The Bertz CT molecular complexity index is 178. The van der Waals surface area contributed by atoms with Crippen LogP contribution >= 0.6 is 0 Å². The molecule has 0 amide bonds. The molecule has 0 bridgehead atoms. The van der Waals surface area contributed by atoms with Gasteiger partial charge >= 0.3 is 0 Å². The second kappa shape index (κ2) is 5.22. The molecule has 1 aliphatic rings. The number of ether oxygens (including phenoxy) is 1. The smallest absolute Gasteiger partial charge is 0.0544 e. The summed E-state index contributed by atoms with van der Waals surface area (Å²) in [6.45, 7) is 9.13. The maximum atomic E-state index is 5.33. The Morgan fingerprint density at radius 3 is 3.00 bits per heavy atom. The van der Waals surface area contributed by atoms with E-state index in [1.807, 2.05) is 0 Å². The van der Waals surface area contributed by atoms with E-state index in [2.05, 4.69) is 31.3 Å². The minimum absolute atomic E-state index is 0.480. The highest BCUT2D eigenvalue weighted by atomic mass is 16.5. The van der Waals surface area contributed by atoms with Gasteiger partial charge in [-0.05, 0) is 5.92 Å². The first-order valence-corrected chi connectivity index (χ1v) is 5.07. The summed E-state index contributed by atoms with van der Waals surface area (Å²) >= 11 is 0. The first kappa shape index (κ1) is 10.5. The summed E-state index contributed by atoms with van der Waals surface area (Å²) in [6, 6.07) is 0. The van der Waals surface area contributed by atoms with Gasteiger partial charge < -0.3 is 10.2 Å². The van der Waals surface area contributed by atoms with Gasteiger partial charge in [0.25, 0.3) is 0 Å². The minimum atomic E-state index is 0.480. The normalized spacial score (nSPS) is 26.8. The van der Waals surface area contributed by atoms with Crippen molar-refractivity contribution in [1.29, 1.82) is 0 Å². The van der Waals surface area contributed by atoms with Gasteiger partial charge in [0.05, 0.1) is 13.2 Å². The molecule has 1 fully saturated rings. The van der Waals surface area contributed by atoms with Gasteiger partial charge in [0.2, 0.25) is 0 Å². The van der Waals surface area contributed by atoms with Crippen molar-refractivity contribution in [3.63, 3.8) is 0 Å². The number of hydrogen-bond donors (Lipinski definition) is 1. The van der Waals surface area contributed by atoms with Crippen molar-refractivity contribution in [2.24, 2.45) is 16.9 Å². The molecule has 1 heterocycles. The van der Waals surface area contributed by atoms with Crippen LogP contribution in [0.1, 0.15) is 27.2 Å². The first-order chi connectivity index (χ1) is 6.20. The monoisotopic (exact) mass is 184 g/mol. The van der Waals surface area contributed by atoms with Gasteiger partial charge in [-0.15, -0.1) is 0 Å². The van der Waals surface area contributed by atoms with Crippen LogP contribution in [0.15, 0.2) is 5.10 Å². The molecular weight excluding hydrogens is 164 g/mol. The summed E-state index contributed by atoms with van der Waals surface area (Å²) in [5.41, 5.74) is 4.37. The second-order valence-electron chi connectivity index (χ2n) is 4.09. The summed E-state index contributed by atoms with van der Waals surface area (Å²) in [5, 5.41) is 4.39. The largest absolute Gasteiger partial charge is 0.380 e. The molecule has 0 aliphatic carbocycles. The Labute approximate surface area is 80.5 Å². The summed E-state index contributed by atoms with van der Waals surface area (Å²) in [6.07, 6.45) is 0.978. The molecule has 76 valence electrons. The third kappa shape index (κ3) is 3.77. The quantitative estimate of drug-likeness (QED) is 0.677. The fourth-order valence-electron chi connectivity index (χ4n) is 1.28. The number of hydrazone groups is 1. The molecular formula is C10H20N2O. The van der Waals surface area contributed by atoms with E-state index in [0.29, 0.717) is 11.8 Å². The highest BCUT2D eigenvalue weighted by Gasteiger charge is 2.15. The van der Waals surface area contributed by atoms with Crippen LogP contribution in [-0.2, 0) is 4.74 Å². The molecule has 1 saturated heterocycles. The molecule has 3 nitrogen and oxygen atoms in total. The Morgan fingerprint density at radius 2 is 2.38 bits per heavy atom. The molecule has 0 radical (unpaired) electrons. The lowest BCUT2D eigenvalue weighted by Gasteiger charge is -2.20. The van der Waals surface area contributed by atoms with Crippen molar-refractivity contribution < 1.29 is 4.74 Å². The van der Waals surface area contributed by atoms with E-state index in [4.69, 9.17) is 4.74 Å². The third-order valence-corrected chi connectivity index (χ3v) is 2.16. The molecule has 0 spiro atoms. The summed E-state index contributed by atoms with van der Waals surface area (Å²) in [5.74, 6) is 1.13. The SMILES string of the molecule is CC(C)CN/N=C1/CCOCC1C. The zero-order valence-electron chi connectivity index (χ0n) is 8.84. The van der Waals surface area contributed by atoms with Crippen molar-refractivity contribution >= 4 is 5.71 Å². The van der Waals surface area contributed by atoms with E-state index in [1.54, 1.807) is 0 Å². The van der Waals surface area contributed by atoms with Crippen LogP contribution in [0, 0.1) is 11.8 Å². The van der Waals surface area contributed by atoms with Crippen molar-refractivity contribution in [2.75, 3.05) is 19.8 Å². The van der Waals surface area contributed by atoms with Crippen molar-refractivity contribution in [3.8, 4) is 0 Å². The van der Waals surface area contributed by atoms with E-state index in [1.165, 1.54) is 5.71 Å². The molecule has 0 aromatic heterocycles. The van der Waals surface area contributed by atoms with E-state index in [0.717, 1.165) is 26.2 Å². The fourth-order valence-corrected chi connectivity index (χ4v) is 1.28. The zero-order valence-corrected chi connectivity index (χ0v) is 8.84. The highest BCUT2D eigenvalue weighted by molar-refractivity contribution is 5.87. The molecule has 1 atom stereocenters. The van der Waals surface area contributed by atoms with E-state index < -0.39 is 0 Å². The van der Waals surface area contributed by atoms with Crippen LogP contribution in [0.3, 0.4) is 0 Å². The van der Waals surface area contributed by atoms with Crippen molar-refractivity contribution in [1.82, 2.24) is 5.43 Å². The second-order valence-corrected chi connectivity index (χ2v) is 4.09. The lowest BCUT2D eigenvalue weighted by molar-refractivity contribution is 0.110. The van der Waals surface area contributed by atoms with E-state index in [-0.39, 0.29) is 0 Å². The van der Waals surface area contributed by atoms with Gasteiger partial charge in [0.1, 0.15) is 0 Å². The number of rotatable bonds is 3. The topological polar surface area (TPSA) is 33.6 Å². The van der Waals surface area contributed by atoms with Crippen molar-refractivity contribution in [3.05, 3.63) is 0 Å². The number of hydrogen-bond acceptors (Lipinski definition) is 3. The predicted molar refractivity (Wildman–Crippen MR) is 54.9 cm³/mol. The van der Waals surface area contributed by atoms with Crippen LogP contribution in [0.4, 0.5) is 0 Å². The van der Waals surface area contributed by atoms with Crippen molar-refractivity contribution in [2.45, 2.75) is 27.2 Å². The van der Waals surface area contributed by atoms with Crippen LogP contribution in [0.5, 0.6) is 0 Å². The molecule has 1 rings (SSSR count). The van der Waals surface area contributed by atoms with Gasteiger partial charge in [-0.25, -0.2) is 0 Å². The minimum Gasteiger partial charge on any atom is -0.380 e. The molecule has 3 heteroatoms. The first-order valence-electron chi connectivity index (χ1n) is 5.07.